The lowest BCUT2D eigenvalue weighted by atomic mass is 10.2. The third kappa shape index (κ3) is 3.62. The Labute approximate surface area is 168 Å². The zero-order chi connectivity index (χ0) is 20.4. The van der Waals surface area contributed by atoms with Crippen molar-refractivity contribution in [2.24, 2.45) is 5.10 Å². The molecule has 0 unspecified atom stereocenters. The van der Waals surface area contributed by atoms with E-state index in [0.717, 1.165) is 33.7 Å². The van der Waals surface area contributed by atoms with Crippen molar-refractivity contribution in [3.63, 3.8) is 0 Å². The van der Waals surface area contributed by atoms with Crippen LogP contribution in [-0.2, 0) is 4.74 Å². The maximum absolute atomic E-state index is 11.8. The summed E-state index contributed by atoms with van der Waals surface area (Å²) in [4.78, 5) is 19.5. The number of carbonyl (C=O) groups excluding carboxylic acids is 1. The van der Waals surface area contributed by atoms with Crippen LogP contribution in [0.4, 0.5) is 5.95 Å². The summed E-state index contributed by atoms with van der Waals surface area (Å²) in [5.41, 5.74) is 9.21. The molecule has 0 radical (unpaired) electrons. The Kier molecular flexibility index (Phi) is 4.87. The fraction of sp³-hybridized carbons (Fsp3) is 0.136. The van der Waals surface area contributed by atoms with Gasteiger partial charge in [-0.25, -0.2) is 15.2 Å². The number of anilines is 1. The van der Waals surface area contributed by atoms with Gasteiger partial charge in [0.2, 0.25) is 5.95 Å². The number of fused-ring (bicyclic) bond motifs is 1. The highest BCUT2D eigenvalue weighted by Gasteiger charge is 2.12. The smallest absolute Gasteiger partial charge is 0.337 e. The average Bonchev–Trinajstić information content (AvgIpc) is 3.27. The molecule has 0 aliphatic carbocycles. The summed E-state index contributed by atoms with van der Waals surface area (Å²) in [5.74, 6) is 0.230. The number of carbonyl (C=O) groups is 1. The van der Waals surface area contributed by atoms with Crippen molar-refractivity contribution in [2.75, 3.05) is 12.5 Å². The molecule has 2 N–H and O–H groups in total. The number of H-pyrrole nitrogens is 1. The second-order valence-corrected chi connectivity index (χ2v) is 6.68. The molecule has 0 spiro atoms. The highest BCUT2D eigenvalue weighted by Crippen LogP contribution is 2.21. The van der Waals surface area contributed by atoms with E-state index in [2.05, 4.69) is 25.1 Å². The summed E-state index contributed by atoms with van der Waals surface area (Å²) in [7, 11) is 1.38. The quantitative estimate of drug-likeness (QED) is 0.305. The number of esters is 1. The Bertz CT molecular complexity index is 1190. The highest BCUT2D eigenvalue weighted by molar-refractivity contribution is 5.90. The number of nitrogens with one attached hydrogen (secondary N) is 2. The van der Waals surface area contributed by atoms with Gasteiger partial charge in [0, 0.05) is 22.6 Å². The van der Waals surface area contributed by atoms with Gasteiger partial charge in [-0.05, 0) is 50.2 Å². The third-order valence-corrected chi connectivity index (χ3v) is 4.76. The number of aromatic nitrogens is 3. The number of hydrazone groups is 1. The van der Waals surface area contributed by atoms with Gasteiger partial charge in [0.1, 0.15) is 0 Å². The number of nitrogens with zero attached hydrogens (tertiary/aromatic N) is 3. The van der Waals surface area contributed by atoms with Gasteiger partial charge in [-0.1, -0.05) is 18.2 Å². The summed E-state index contributed by atoms with van der Waals surface area (Å²) in [6, 6.07) is 17.2. The second-order valence-electron chi connectivity index (χ2n) is 6.68. The lowest BCUT2D eigenvalue weighted by Crippen LogP contribution is -2.04. The first-order valence-corrected chi connectivity index (χ1v) is 9.18. The van der Waals surface area contributed by atoms with Crippen LogP contribution in [-0.4, -0.2) is 33.8 Å². The van der Waals surface area contributed by atoms with Crippen LogP contribution in [0.15, 0.2) is 59.7 Å². The van der Waals surface area contributed by atoms with E-state index in [9.17, 15) is 4.79 Å². The first kappa shape index (κ1) is 18.5. The van der Waals surface area contributed by atoms with Crippen LogP contribution in [0, 0.1) is 13.8 Å². The number of hydrogen-bond acceptors (Lipinski definition) is 5. The van der Waals surface area contributed by atoms with Crippen LogP contribution in [0.3, 0.4) is 0 Å². The van der Waals surface area contributed by atoms with Crippen LogP contribution in [0.1, 0.15) is 27.3 Å². The largest absolute Gasteiger partial charge is 0.465 e. The predicted molar refractivity (Wildman–Crippen MR) is 114 cm³/mol. The normalized spacial score (nSPS) is 11.3. The molecule has 2 heterocycles. The molecule has 2 aromatic carbocycles. The Morgan fingerprint density at radius 3 is 2.79 bits per heavy atom. The fourth-order valence-electron chi connectivity index (χ4n) is 3.37. The molecule has 7 nitrogen and oxygen atoms in total. The van der Waals surface area contributed by atoms with Crippen molar-refractivity contribution in [1.29, 1.82) is 0 Å². The molecular weight excluding hydrogens is 366 g/mol. The van der Waals surface area contributed by atoms with Gasteiger partial charge in [-0.3, -0.25) is 0 Å². The summed E-state index contributed by atoms with van der Waals surface area (Å²) in [6.07, 6.45) is 1.76. The van der Waals surface area contributed by atoms with Gasteiger partial charge >= 0.3 is 5.97 Å². The van der Waals surface area contributed by atoms with E-state index in [1.165, 1.54) is 7.11 Å². The zero-order valence-corrected chi connectivity index (χ0v) is 16.4. The minimum Gasteiger partial charge on any atom is -0.465 e. The van der Waals surface area contributed by atoms with Crippen molar-refractivity contribution in [3.8, 4) is 5.69 Å². The maximum Gasteiger partial charge on any atom is 0.337 e. The third-order valence-electron chi connectivity index (χ3n) is 4.76. The molecule has 29 heavy (non-hydrogen) atoms. The van der Waals surface area contributed by atoms with Crippen LogP contribution in [0.25, 0.3) is 16.7 Å². The van der Waals surface area contributed by atoms with Crippen molar-refractivity contribution in [2.45, 2.75) is 13.8 Å². The summed E-state index contributed by atoms with van der Waals surface area (Å²) in [6.45, 7) is 4.03. The Hall–Kier alpha value is -3.87. The van der Waals surface area contributed by atoms with Gasteiger partial charge in [-0.2, -0.15) is 5.10 Å². The number of aryl methyl sites for hydroxylation is 1. The van der Waals surface area contributed by atoms with Crippen molar-refractivity contribution in [3.05, 3.63) is 77.1 Å². The van der Waals surface area contributed by atoms with E-state index < -0.39 is 0 Å². The number of ether oxygens (including phenoxy) is 1. The van der Waals surface area contributed by atoms with Gasteiger partial charge in [0.15, 0.2) is 0 Å². The molecule has 2 aromatic heterocycles. The first-order chi connectivity index (χ1) is 14.1. The first-order valence-electron chi connectivity index (χ1n) is 9.18. The standard InChI is InChI=1S/C22H21N5O2/c1-14-11-17(13-23-26-22-24-19-9-4-5-10-20(19)25-22)15(2)27(14)18-8-6-7-16(12-18)21(28)29-3/h4-13H,1-3H3,(H2,24,25,26)/b23-13-. The van der Waals surface area contributed by atoms with Gasteiger partial charge < -0.3 is 14.3 Å². The molecular formula is C22H21N5O2. The molecule has 0 saturated heterocycles. The number of benzene rings is 2. The molecule has 0 aliphatic rings. The van der Waals surface area contributed by atoms with E-state index in [-0.39, 0.29) is 5.97 Å². The molecule has 0 atom stereocenters. The van der Waals surface area contributed by atoms with Crippen LogP contribution < -0.4 is 5.43 Å². The molecule has 0 saturated carbocycles. The monoisotopic (exact) mass is 387 g/mol. The maximum atomic E-state index is 11.8. The summed E-state index contributed by atoms with van der Waals surface area (Å²) >= 11 is 0. The van der Waals surface area contributed by atoms with E-state index in [4.69, 9.17) is 4.74 Å². The van der Waals surface area contributed by atoms with Crippen molar-refractivity contribution < 1.29 is 9.53 Å². The lowest BCUT2D eigenvalue weighted by Gasteiger charge is -2.10. The number of para-hydroxylation sites is 2. The minimum absolute atomic E-state index is 0.355. The fourth-order valence-corrected chi connectivity index (χ4v) is 3.37. The van der Waals surface area contributed by atoms with Gasteiger partial charge in [0.25, 0.3) is 0 Å². The molecule has 0 amide bonds. The van der Waals surface area contributed by atoms with Gasteiger partial charge in [0.05, 0.1) is 29.9 Å². The molecule has 146 valence electrons. The van der Waals surface area contributed by atoms with Crippen molar-refractivity contribution >= 4 is 29.2 Å². The molecule has 0 aliphatic heterocycles. The number of rotatable bonds is 5. The van der Waals surface area contributed by atoms with E-state index in [0.29, 0.717) is 11.5 Å². The average molecular weight is 387 g/mol. The molecule has 4 rings (SSSR count). The Morgan fingerprint density at radius 2 is 2.00 bits per heavy atom. The summed E-state index contributed by atoms with van der Waals surface area (Å²) < 4.78 is 6.90. The Morgan fingerprint density at radius 1 is 1.17 bits per heavy atom. The van der Waals surface area contributed by atoms with Crippen LogP contribution >= 0.6 is 0 Å². The van der Waals surface area contributed by atoms with E-state index >= 15 is 0 Å². The molecule has 0 bridgehead atoms. The van der Waals surface area contributed by atoms with E-state index in [1.54, 1.807) is 12.3 Å². The topological polar surface area (TPSA) is 84.3 Å². The zero-order valence-electron chi connectivity index (χ0n) is 16.4. The highest BCUT2D eigenvalue weighted by atomic mass is 16.5. The number of imidazole rings is 1. The van der Waals surface area contributed by atoms with E-state index in [1.807, 2.05) is 62.4 Å². The van der Waals surface area contributed by atoms with Crippen LogP contribution in [0.2, 0.25) is 0 Å². The molecule has 4 aromatic rings. The second kappa shape index (κ2) is 7.63. The summed E-state index contributed by atoms with van der Waals surface area (Å²) in [5, 5.41) is 4.32. The van der Waals surface area contributed by atoms with Gasteiger partial charge in [-0.15, -0.1) is 0 Å². The molecule has 0 fully saturated rings. The lowest BCUT2D eigenvalue weighted by molar-refractivity contribution is 0.0600. The minimum atomic E-state index is -0.355. The van der Waals surface area contributed by atoms with Crippen LogP contribution in [0.5, 0.6) is 0 Å². The van der Waals surface area contributed by atoms with Crippen molar-refractivity contribution in [1.82, 2.24) is 14.5 Å². The number of methoxy groups -OCH3 is 1. The Balaban J connectivity index is 1.58. The SMILES string of the molecule is COC(=O)c1cccc(-n2c(C)cc(/C=N\Nc3nc4ccccc4[nH]3)c2C)c1. The molecule has 7 heteroatoms. The number of hydrogen-bond donors (Lipinski definition) is 2. The number of aromatic amines is 1. The predicted octanol–water partition coefficient (Wildman–Crippen LogP) is 4.20.